The van der Waals surface area contributed by atoms with Gasteiger partial charge in [0.2, 0.25) is 0 Å². The van der Waals surface area contributed by atoms with E-state index in [-0.39, 0.29) is 17.4 Å². The van der Waals surface area contributed by atoms with Gasteiger partial charge in [-0.2, -0.15) is 5.06 Å². The predicted molar refractivity (Wildman–Crippen MR) is 79.0 cm³/mol. The minimum absolute atomic E-state index is 0.100. The van der Waals surface area contributed by atoms with E-state index in [1.807, 2.05) is 0 Å². The topological polar surface area (TPSA) is 21.7 Å². The molecule has 110 valence electrons. The standard InChI is InChI=1S/C17H25NO2/c1-16(2)13-9-5-6-10-14(13)17(3,4)18(16)20-15-11-7-8-12-19-15/h5-6,9-10,15H,7-8,11-12H2,1-4H3. The van der Waals surface area contributed by atoms with Gasteiger partial charge in [-0.15, -0.1) is 0 Å². The number of ether oxygens (including phenoxy) is 1. The van der Waals surface area contributed by atoms with Crippen molar-refractivity contribution in [3.8, 4) is 0 Å². The third-order valence-electron chi connectivity index (χ3n) is 4.62. The number of hydroxylamine groups is 2. The summed E-state index contributed by atoms with van der Waals surface area (Å²) in [7, 11) is 0. The zero-order valence-corrected chi connectivity index (χ0v) is 13.0. The molecule has 3 nitrogen and oxygen atoms in total. The summed E-state index contributed by atoms with van der Waals surface area (Å²) < 4.78 is 5.76. The van der Waals surface area contributed by atoms with Gasteiger partial charge in [-0.1, -0.05) is 24.3 Å². The molecule has 0 bridgehead atoms. The van der Waals surface area contributed by atoms with Crippen molar-refractivity contribution in [2.24, 2.45) is 0 Å². The third kappa shape index (κ3) is 2.09. The van der Waals surface area contributed by atoms with E-state index in [4.69, 9.17) is 9.57 Å². The van der Waals surface area contributed by atoms with Gasteiger partial charge in [-0.25, -0.2) is 0 Å². The Morgan fingerprint density at radius 1 is 1.05 bits per heavy atom. The van der Waals surface area contributed by atoms with Gasteiger partial charge in [0.25, 0.3) is 0 Å². The normalized spacial score (nSPS) is 28.3. The maximum Gasteiger partial charge on any atom is 0.177 e. The van der Waals surface area contributed by atoms with Gasteiger partial charge in [-0.3, -0.25) is 4.84 Å². The molecule has 0 aromatic heterocycles. The Balaban J connectivity index is 1.91. The SMILES string of the molecule is CC1(C)c2ccccc2C(C)(C)N1OC1CCCCO1. The van der Waals surface area contributed by atoms with E-state index in [0.717, 1.165) is 19.4 Å². The molecule has 0 saturated carbocycles. The Morgan fingerprint density at radius 3 is 2.15 bits per heavy atom. The lowest BCUT2D eigenvalue weighted by molar-refractivity contribution is -0.348. The van der Waals surface area contributed by atoms with Crippen molar-refractivity contribution in [1.29, 1.82) is 0 Å². The summed E-state index contributed by atoms with van der Waals surface area (Å²) >= 11 is 0. The summed E-state index contributed by atoms with van der Waals surface area (Å²) in [4.78, 5) is 6.28. The molecule has 1 aromatic carbocycles. The molecule has 0 spiro atoms. The van der Waals surface area contributed by atoms with Gasteiger partial charge in [0.1, 0.15) is 0 Å². The lowest BCUT2D eigenvalue weighted by Gasteiger charge is -2.42. The summed E-state index contributed by atoms with van der Waals surface area (Å²) in [6, 6.07) is 8.64. The Labute approximate surface area is 121 Å². The zero-order valence-electron chi connectivity index (χ0n) is 13.0. The average Bonchev–Trinajstić information content (AvgIpc) is 2.59. The number of benzene rings is 1. The largest absolute Gasteiger partial charge is 0.351 e. The first kappa shape index (κ1) is 14.1. The number of hydrogen-bond acceptors (Lipinski definition) is 3. The molecule has 2 aliphatic rings. The van der Waals surface area contributed by atoms with E-state index >= 15 is 0 Å². The predicted octanol–water partition coefficient (Wildman–Crippen LogP) is 3.93. The minimum atomic E-state index is -0.138. The Morgan fingerprint density at radius 2 is 1.65 bits per heavy atom. The molecule has 0 amide bonds. The molecule has 1 saturated heterocycles. The molecule has 1 atom stereocenters. The van der Waals surface area contributed by atoms with Crippen LogP contribution < -0.4 is 0 Å². The molecule has 20 heavy (non-hydrogen) atoms. The summed E-state index contributed by atoms with van der Waals surface area (Å²) in [5.41, 5.74) is 2.42. The third-order valence-corrected chi connectivity index (χ3v) is 4.62. The van der Waals surface area contributed by atoms with Crippen LogP contribution in [0.2, 0.25) is 0 Å². The number of hydrogen-bond donors (Lipinski definition) is 0. The highest BCUT2D eigenvalue weighted by Gasteiger charge is 2.51. The van der Waals surface area contributed by atoms with Crippen molar-refractivity contribution in [2.45, 2.75) is 64.3 Å². The van der Waals surface area contributed by atoms with E-state index in [0.29, 0.717) is 0 Å². The molecule has 3 heteroatoms. The van der Waals surface area contributed by atoms with E-state index < -0.39 is 0 Å². The molecule has 2 heterocycles. The fourth-order valence-corrected chi connectivity index (χ4v) is 3.64. The van der Waals surface area contributed by atoms with Crippen LogP contribution in [0, 0.1) is 0 Å². The molecule has 2 aliphatic heterocycles. The lowest BCUT2D eigenvalue weighted by atomic mass is 9.91. The van der Waals surface area contributed by atoms with Crippen molar-refractivity contribution in [3.63, 3.8) is 0 Å². The first-order valence-corrected chi connectivity index (χ1v) is 7.63. The molecule has 1 unspecified atom stereocenters. The summed E-state index contributed by atoms with van der Waals surface area (Å²) in [6.07, 6.45) is 3.22. The summed E-state index contributed by atoms with van der Waals surface area (Å²) in [5.74, 6) is 0. The first-order valence-electron chi connectivity index (χ1n) is 7.63. The molecule has 0 N–H and O–H groups in total. The maximum atomic E-state index is 6.28. The number of fused-ring (bicyclic) bond motifs is 1. The van der Waals surface area contributed by atoms with Gasteiger partial charge in [0.15, 0.2) is 6.29 Å². The second-order valence-electron chi connectivity index (χ2n) is 6.86. The molecular weight excluding hydrogens is 250 g/mol. The summed E-state index contributed by atoms with van der Waals surface area (Å²) in [5, 5.41) is 2.14. The van der Waals surface area contributed by atoms with Crippen molar-refractivity contribution >= 4 is 0 Å². The van der Waals surface area contributed by atoms with Crippen LogP contribution in [0.25, 0.3) is 0 Å². The Hall–Kier alpha value is -0.900. The highest BCUT2D eigenvalue weighted by Crippen LogP contribution is 2.49. The van der Waals surface area contributed by atoms with E-state index in [1.54, 1.807) is 0 Å². The Kier molecular flexibility index (Phi) is 3.39. The van der Waals surface area contributed by atoms with Crippen molar-refractivity contribution in [1.82, 2.24) is 5.06 Å². The average molecular weight is 275 g/mol. The van der Waals surface area contributed by atoms with Gasteiger partial charge < -0.3 is 4.74 Å². The summed E-state index contributed by atoms with van der Waals surface area (Å²) in [6.45, 7) is 9.71. The van der Waals surface area contributed by atoms with Crippen molar-refractivity contribution in [2.75, 3.05) is 6.61 Å². The molecule has 1 aromatic rings. The van der Waals surface area contributed by atoms with Crippen LogP contribution in [0.5, 0.6) is 0 Å². The van der Waals surface area contributed by atoms with Gasteiger partial charge in [-0.05, 0) is 51.7 Å². The molecule has 3 rings (SSSR count). The zero-order chi connectivity index (χ0) is 14.4. The Bertz CT molecular complexity index is 455. The van der Waals surface area contributed by atoms with Crippen LogP contribution in [0.1, 0.15) is 58.1 Å². The van der Waals surface area contributed by atoms with Crippen LogP contribution in [-0.2, 0) is 20.7 Å². The van der Waals surface area contributed by atoms with Crippen LogP contribution in [-0.4, -0.2) is 18.0 Å². The molecule has 1 fully saturated rings. The van der Waals surface area contributed by atoms with Crippen LogP contribution >= 0.6 is 0 Å². The fraction of sp³-hybridized carbons (Fsp3) is 0.647. The van der Waals surface area contributed by atoms with Gasteiger partial charge >= 0.3 is 0 Å². The number of nitrogens with zero attached hydrogens (tertiary/aromatic N) is 1. The molecule has 0 radical (unpaired) electrons. The van der Waals surface area contributed by atoms with Crippen molar-refractivity contribution < 1.29 is 9.57 Å². The second kappa shape index (κ2) is 4.83. The first-order chi connectivity index (χ1) is 9.44. The van der Waals surface area contributed by atoms with Crippen LogP contribution in [0.15, 0.2) is 24.3 Å². The maximum absolute atomic E-state index is 6.28. The fourth-order valence-electron chi connectivity index (χ4n) is 3.64. The van der Waals surface area contributed by atoms with E-state index in [1.165, 1.54) is 17.5 Å². The number of rotatable bonds is 2. The van der Waals surface area contributed by atoms with Gasteiger partial charge in [0.05, 0.1) is 11.1 Å². The van der Waals surface area contributed by atoms with E-state index in [9.17, 15) is 0 Å². The molecular formula is C17H25NO2. The second-order valence-corrected chi connectivity index (χ2v) is 6.86. The minimum Gasteiger partial charge on any atom is -0.351 e. The van der Waals surface area contributed by atoms with Crippen LogP contribution in [0.4, 0.5) is 0 Å². The highest BCUT2D eigenvalue weighted by atomic mass is 16.8. The monoisotopic (exact) mass is 275 g/mol. The van der Waals surface area contributed by atoms with Crippen molar-refractivity contribution in [3.05, 3.63) is 35.4 Å². The molecule has 0 aliphatic carbocycles. The smallest absolute Gasteiger partial charge is 0.177 e. The van der Waals surface area contributed by atoms with Crippen LogP contribution in [0.3, 0.4) is 0 Å². The van der Waals surface area contributed by atoms with Gasteiger partial charge in [0, 0.05) is 13.0 Å². The highest BCUT2D eigenvalue weighted by molar-refractivity contribution is 5.42. The van der Waals surface area contributed by atoms with E-state index in [2.05, 4.69) is 57.0 Å². The quantitative estimate of drug-likeness (QED) is 0.816. The lowest BCUT2D eigenvalue weighted by Crippen LogP contribution is -2.48.